The summed E-state index contributed by atoms with van der Waals surface area (Å²) < 4.78 is 0. The lowest BCUT2D eigenvalue weighted by Gasteiger charge is -2.25. The number of hydrogen-bond donors (Lipinski definition) is 2. The van der Waals surface area contributed by atoms with Crippen molar-refractivity contribution in [1.82, 2.24) is 5.43 Å². The second kappa shape index (κ2) is 2.57. The smallest absolute Gasteiger partial charge is 0.139 e. The zero-order chi connectivity index (χ0) is 7.84. The summed E-state index contributed by atoms with van der Waals surface area (Å²) in [5, 5.41) is 0. The summed E-state index contributed by atoms with van der Waals surface area (Å²) in [4.78, 5) is 11.4. The molecule has 2 saturated carbocycles. The molecule has 2 aliphatic rings. The first-order valence-electron chi connectivity index (χ1n) is 4.31. The van der Waals surface area contributed by atoms with Gasteiger partial charge in [0.15, 0.2) is 0 Å². The number of carbonyl (C=O) groups is 1. The van der Waals surface area contributed by atoms with Gasteiger partial charge in [0, 0.05) is 17.9 Å². The van der Waals surface area contributed by atoms with E-state index in [4.69, 9.17) is 5.84 Å². The van der Waals surface area contributed by atoms with Crippen molar-refractivity contribution in [2.45, 2.75) is 31.7 Å². The number of fused-ring (bicyclic) bond motifs is 2. The van der Waals surface area contributed by atoms with Gasteiger partial charge in [-0.15, -0.1) is 0 Å². The predicted octanol–water partition coefficient (Wildman–Crippen LogP) is 0.207. The topological polar surface area (TPSA) is 55.1 Å². The molecule has 0 aromatic heterocycles. The molecule has 0 aliphatic heterocycles. The lowest BCUT2D eigenvalue weighted by molar-refractivity contribution is -0.126. The Labute approximate surface area is 66.3 Å². The molecule has 2 fully saturated rings. The number of ketones is 1. The SMILES string of the molecule is NNC1CC2CCC(C1)C2=O. The van der Waals surface area contributed by atoms with E-state index in [-0.39, 0.29) is 0 Å². The average molecular weight is 154 g/mol. The van der Waals surface area contributed by atoms with Crippen LogP contribution in [0.15, 0.2) is 0 Å². The van der Waals surface area contributed by atoms with Gasteiger partial charge in [-0.2, -0.15) is 0 Å². The summed E-state index contributed by atoms with van der Waals surface area (Å²) in [6, 6.07) is 0.394. The summed E-state index contributed by atoms with van der Waals surface area (Å²) in [6.45, 7) is 0. The van der Waals surface area contributed by atoms with E-state index in [1.807, 2.05) is 0 Å². The van der Waals surface area contributed by atoms with E-state index in [2.05, 4.69) is 5.43 Å². The van der Waals surface area contributed by atoms with E-state index in [9.17, 15) is 4.79 Å². The van der Waals surface area contributed by atoms with Crippen molar-refractivity contribution in [2.24, 2.45) is 17.7 Å². The van der Waals surface area contributed by atoms with E-state index < -0.39 is 0 Å². The van der Waals surface area contributed by atoms with Gasteiger partial charge < -0.3 is 0 Å². The molecule has 3 heteroatoms. The van der Waals surface area contributed by atoms with Gasteiger partial charge in [0.1, 0.15) is 5.78 Å². The van der Waals surface area contributed by atoms with Crippen molar-refractivity contribution < 1.29 is 4.79 Å². The first-order chi connectivity index (χ1) is 5.31. The highest BCUT2D eigenvalue weighted by atomic mass is 16.1. The van der Waals surface area contributed by atoms with Crippen LogP contribution in [0.4, 0.5) is 0 Å². The Hall–Kier alpha value is -0.410. The third-order valence-electron chi connectivity index (χ3n) is 3.04. The second-order valence-electron chi connectivity index (χ2n) is 3.71. The molecule has 0 heterocycles. The highest BCUT2D eigenvalue weighted by molar-refractivity contribution is 5.86. The Morgan fingerprint density at radius 3 is 2.27 bits per heavy atom. The summed E-state index contributed by atoms with van der Waals surface area (Å²) >= 11 is 0. The number of rotatable bonds is 1. The molecular formula is C8H14N2O. The molecule has 0 aromatic carbocycles. The number of carbonyl (C=O) groups excluding carboxylic acids is 1. The Kier molecular flexibility index (Phi) is 1.69. The van der Waals surface area contributed by atoms with Crippen molar-refractivity contribution in [3.05, 3.63) is 0 Å². The molecule has 3 N–H and O–H groups in total. The number of nitrogens with one attached hydrogen (secondary N) is 1. The van der Waals surface area contributed by atoms with Crippen LogP contribution >= 0.6 is 0 Å². The van der Waals surface area contributed by atoms with Crippen LogP contribution in [-0.4, -0.2) is 11.8 Å². The van der Waals surface area contributed by atoms with Gasteiger partial charge in [-0.1, -0.05) is 0 Å². The lowest BCUT2D eigenvalue weighted by atomic mass is 9.85. The number of hydrogen-bond acceptors (Lipinski definition) is 3. The molecule has 0 saturated heterocycles. The van der Waals surface area contributed by atoms with Crippen LogP contribution in [0, 0.1) is 11.8 Å². The maximum absolute atomic E-state index is 11.4. The fraction of sp³-hybridized carbons (Fsp3) is 0.875. The summed E-state index contributed by atoms with van der Waals surface area (Å²) in [7, 11) is 0. The lowest BCUT2D eigenvalue weighted by Crippen LogP contribution is -2.42. The monoisotopic (exact) mass is 154 g/mol. The molecular weight excluding hydrogens is 140 g/mol. The number of hydrazine groups is 1. The highest BCUT2D eigenvalue weighted by Crippen LogP contribution is 2.38. The average Bonchev–Trinajstić information content (AvgIpc) is 2.26. The van der Waals surface area contributed by atoms with Gasteiger partial charge >= 0.3 is 0 Å². The van der Waals surface area contributed by atoms with E-state index in [0.717, 1.165) is 25.7 Å². The largest absolute Gasteiger partial charge is 0.299 e. The maximum Gasteiger partial charge on any atom is 0.139 e. The normalized spacial score (nSPS) is 43.0. The van der Waals surface area contributed by atoms with Gasteiger partial charge in [-0.3, -0.25) is 16.1 Å². The quantitative estimate of drug-likeness (QED) is 0.419. The maximum atomic E-state index is 11.4. The zero-order valence-electron chi connectivity index (χ0n) is 6.55. The third kappa shape index (κ3) is 1.08. The van der Waals surface area contributed by atoms with Crippen LogP contribution in [-0.2, 0) is 4.79 Å². The van der Waals surface area contributed by atoms with Crippen LogP contribution < -0.4 is 11.3 Å². The highest BCUT2D eigenvalue weighted by Gasteiger charge is 2.40. The minimum absolute atomic E-state index is 0.329. The first-order valence-corrected chi connectivity index (χ1v) is 4.31. The summed E-state index contributed by atoms with van der Waals surface area (Å²) in [5.41, 5.74) is 2.77. The van der Waals surface area contributed by atoms with Crippen LogP contribution in [0.1, 0.15) is 25.7 Å². The Bertz CT molecular complexity index is 165. The molecule has 62 valence electrons. The molecule has 2 unspecified atom stereocenters. The summed E-state index contributed by atoms with van der Waals surface area (Å²) in [5.74, 6) is 6.49. The van der Waals surface area contributed by atoms with Crippen LogP contribution in [0.5, 0.6) is 0 Å². The van der Waals surface area contributed by atoms with Crippen LogP contribution in [0.3, 0.4) is 0 Å². The predicted molar refractivity (Wildman–Crippen MR) is 41.6 cm³/mol. The standard InChI is InChI=1S/C8H14N2O/c9-10-7-3-5-1-2-6(4-7)8(5)11/h5-7,10H,1-4,9H2. The molecule has 2 aliphatic carbocycles. The van der Waals surface area contributed by atoms with Gasteiger partial charge in [-0.25, -0.2) is 0 Å². The van der Waals surface area contributed by atoms with E-state index >= 15 is 0 Å². The number of Topliss-reactive ketones (excluding diaryl/α,β-unsaturated/α-hetero) is 1. The summed E-state index contributed by atoms with van der Waals surface area (Å²) in [6.07, 6.45) is 4.13. The minimum atomic E-state index is 0.329. The first kappa shape index (κ1) is 7.25. The second-order valence-corrected chi connectivity index (χ2v) is 3.71. The molecule has 2 bridgehead atoms. The Balaban J connectivity index is 2.08. The van der Waals surface area contributed by atoms with Crippen molar-refractivity contribution in [1.29, 1.82) is 0 Å². The van der Waals surface area contributed by atoms with Crippen LogP contribution in [0.2, 0.25) is 0 Å². The molecule has 2 atom stereocenters. The third-order valence-corrected chi connectivity index (χ3v) is 3.04. The van der Waals surface area contributed by atoms with Crippen molar-refractivity contribution in [3.63, 3.8) is 0 Å². The minimum Gasteiger partial charge on any atom is -0.299 e. The fourth-order valence-electron chi connectivity index (χ4n) is 2.41. The molecule has 3 nitrogen and oxygen atoms in total. The molecule has 0 aromatic rings. The number of nitrogens with two attached hydrogens (primary N) is 1. The van der Waals surface area contributed by atoms with Crippen molar-refractivity contribution >= 4 is 5.78 Å². The molecule has 0 radical (unpaired) electrons. The zero-order valence-corrected chi connectivity index (χ0v) is 6.55. The van der Waals surface area contributed by atoms with Gasteiger partial charge in [0.25, 0.3) is 0 Å². The van der Waals surface area contributed by atoms with Gasteiger partial charge in [0.05, 0.1) is 0 Å². The molecule has 11 heavy (non-hydrogen) atoms. The van der Waals surface area contributed by atoms with E-state index in [0.29, 0.717) is 23.7 Å². The van der Waals surface area contributed by atoms with E-state index in [1.165, 1.54) is 0 Å². The fourth-order valence-corrected chi connectivity index (χ4v) is 2.41. The van der Waals surface area contributed by atoms with Crippen molar-refractivity contribution in [2.75, 3.05) is 0 Å². The molecule has 2 rings (SSSR count). The van der Waals surface area contributed by atoms with Crippen LogP contribution in [0.25, 0.3) is 0 Å². The molecule has 0 amide bonds. The van der Waals surface area contributed by atoms with E-state index in [1.54, 1.807) is 0 Å². The molecule has 0 spiro atoms. The van der Waals surface area contributed by atoms with Gasteiger partial charge in [-0.05, 0) is 25.7 Å². The Morgan fingerprint density at radius 1 is 1.27 bits per heavy atom. The van der Waals surface area contributed by atoms with Crippen molar-refractivity contribution in [3.8, 4) is 0 Å². The van der Waals surface area contributed by atoms with Gasteiger partial charge in [0.2, 0.25) is 0 Å². The Morgan fingerprint density at radius 2 is 1.82 bits per heavy atom.